The third-order valence-electron chi connectivity index (χ3n) is 2.68. The van der Waals surface area contributed by atoms with Crippen LogP contribution >= 0.6 is 0 Å². The van der Waals surface area contributed by atoms with E-state index in [9.17, 15) is 17.6 Å². The fraction of sp³-hybridized carbons (Fsp3) is 0.167. The van der Waals surface area contributed by atoms with Crippen LogP contribution in [0.1, 0.15) is 22.9 Å². The summed E-state index contributed by atoms with van der Waals surface area (Å²) < 4.78 is 51.7. The van der Waals surface area contributed by atoms with Crippen molar-refractivity contribution in [3.8, 4) is 0 Å². The van der Waals surface area contributed by atoms with E-state index >= 15 is 0 Å². The maximum atomic E-state index is 12.9. The Balaban J connectivity index is 2.50. The van der Waals surface area contributed by atoms with Gasteiger partial charge < -0.3 is 0 Å². The van der Waals surface area contributed by atoms with Crippen LogP contribution in [-0.2, 0) is 6.18 Å². The third-order valence-corrected chi connectivity index (χ3v) is 2.68. The van der Waals surface area contributed by atoms with Gasteiger partial charge in [0.25, 0.3) is 0 Å². The molecule has 0 spiro atoms. The van der Waals surface area contributed by atoms with Gasteiger partial charge in [0, 0.05) is 18.0 Å². The molecule has 0 radical (unpaired) electrons. The van der Waals surface area contributed by atoms with Crippen LogP contribution in [0.5, 0.6) is 0 Å². The number of nitrogens with one attached hydrogen (secondary N) is 1. The fourth-order valence-corrected chi connectivity index (χ4v) is 1.79. The molecule has 0 aliphatic rings. The van der Waals surface area contributed by atoms with Crippen molar-refractivity contribution in [1.29, 1.82) is 0 Å². The summed E-state index contributed by atoms with van der Waals surface area (Å²) in [4.78, 5) is 7.41. The minimum atomic E-state index is -4.55. The van der Waals surface area contributed by atoms with Crippen LogP contribution in [-0.4, -0.2) is 9.97 Å². The van der Waals surface area contributed by atoms with Gasteiger partial charge in [-0.3, -0.25) is 15.8 Å². The van der Waals surface area contributed by atoms with Gasteiger partial charge in [0.15, 0.2) is 0 Å². The van der Waals surface area contributed by atoms with Crippen molar-refractivity contribution in [3.05, 3.63) is 59.4 Å². The highest BCUT2D eigenvalue weighted by molar-refractivity contribution is 5.34. The SMILES string of the molecule is NNC(c1ccc(F)cn1)c1cnccc1C(F)(F)F. The lowest BCUT2D eigenvalue weighted by molar-refractivity contribution is -0.138. The molecule has 0 saturated carbocycles. The van der Waals surface area contributed by atoms with Gasteiger partial charge in [-0.1, -0.05) is 0 Å². The molecule has 2 heterocycles. The molecule has 1 unspecified atom stereocenters. The van der Waals surface area contributed by atoms with E-state index in [1.54, 1.807) is 0 Å². The maximum absolute atomic E-state index is 12.9. The molecule has 20 heavy (non-hydrogen) atoms. The van der Waals surface area contributed by atoms with E-state index in [0.29, 0.717) is 0 Å². The number of hydrogen-bond acceptors (Lipinski definition) is 4. The van der Waals surface area contributed by atoms with Crippen molar-refractivity contribution >= 4 is 0 Å². The summed E-state index contributed by atoms with van der Waals surface area (Å²) in [5.41, 5.74) is 1.35. The lowest BCUT2D eigenvalue weighted by Crippen LogP contribution is -2.31. The van der Waals surface area contributed by atoms with E-state index in [0.717, 1.165) is 30.7 Å². The predicted octanol–water partition coefficient (Wildman–Crippen LogP) is 2.19. The minimum absolute atomic E-state index is 0.160. The quantitative estimate of drug-likeness (QED) is 0.516. The predicted molar refractivity (Wildman–Crippen MR) is 62.6 cm³/mol. The Bertz CT molecular complexity index is 583. The number of nitrogens with zero attached hydrogens (tertiary/aromatic N) is 2. The number of alkyl halides is 3. The molecule has 0 saturated heterocycles. The molecule has 0 bridgehead atoms. The number of hydrazine groups is 1. The highest BCUT2D eigenvalue weighted by Crippen LogP contribution is 2.35. The number of pyridine rings is 2. The lowest BCUT2D eigenvalue weighted by Gasteiger charge is -2.20. The van der Waals surface area contributed by atoms with Gasteiger partial charge in [-0.05, 0) is 18.2 Å². The summed E-state index contributed by atoms with van der Waals surface area (Å²) in [5.74, 6) is 4.72. The molecule has 4 nitrogen and oxygen atoms in total. The van der Waals surface area contributed by atoms with Gasteiger partial charge in [0.05, 0.1) is 23.5 Å². The maximum Gasteiger partial charge on any atom is 0.416 e. The summed E-state index contributed by atoms with van der Waals surface area (Å²) in [5, 5.41) is 0. The molecule has 0 aliphatic carbocycles. The van der Waals surface area contributed by atoms with Crippen molar-refractivity contribution in [2.45, 2.75) is 12.2 Å². The van der Waals surface area contributed by atoms with Crippen molar-refractivity contribution in [1.82, 2.24) is 15.4 Å². The Morgan fingerprint density at radius 2 is 1.90 bits per heavy atom. The summed E-state index contributed by atoms with van der Waals surface area (Å²) in [6, 6.07) is 2.16. The second kappa shape index (κ2) is 5.51. The van der Waals surface area contributed by atoms with Gasteiger partial charge in [-0.2, -0.15) is 13.2 Å². The molecule has 8 heteroatoms. The Labute approximate surface area is 111 Å². The first kappa shape index (κ1) is 14.4. The van der Waals surface area contributed by atoms with Crippen LogP contribution in [0.15, 0.2) is 36.8 Å². The molecule has 0 aliphatic heterocycles. The van der Waals surface area contributed by atoms with E-state index in [4.69, 9.17) is 5.84 Å². The molecule has 2 rings (SSSR count). The first-order chi connectivity index (χ1) is 9.43. The third kappa shape index (κ3) is 2.91. The van der Waals surface area contributed by atoms with Gasteiger partial charge in [0.1, 0.15) is 5.82 Å². The first-order valence-electron chi connectivity index (χ1n) is 5.52. The van der Waals surface area contributed by atoms with E-state index in [2.05, 4.69) is 15.4 Å². The van der Waals surface area contributed by atoms with Gasteiger partial charge >= 0.3 is 6.18 Å². The molecule has 0 aromatic carbocycles. The number of nitrogens with two attached hydrogens (primary N) is 1. The Kier molecular flexibility index (Phi) is 3.96. The van der Waals surface area contributed by atoms with E-state index in [1.165, 1.54) is 6.07 Å². The fourth-order valence-electron chi connectivity index (χ4n) is 1.79. The van der Waals surface area contributed by atoms with Crippen molar-refractivity contribution in [2.24, 2.45) is 5.84 Å². The smallest absolute Gasteiger partial charge is 0.271 e. The number of hydrogen-bond donors (Lipinski definition) is 2. The highest BCUT2D eigenvalue weighted by Gasteiger charge is 2.35. The number of rotatable bonds is 3. The monoisotopic (exact) mass is 286 g/mol. The molecular formula is C12H10F4N4. The Hall–Kier alpha value is -2.06. The van der Waals surface area contributed by atoms with Gasteiger partial charge in [0.2, 0.25) is 0 Å². The van der Waals surface area contributed by atoms with Crippen LogP contribution in [0.4, 0.5) is 17.6 Å². The summed E-state index contributed by atoms with van der Waals surface area (Å²) >= 11 is 0. The average Bonchev–Trinajstić information content (AvgIpc) is 2.41. The zero-order valence-corrected chi connectivity index (χ0v) is 10.0. The van der Waals surface area contributed by atoms with Crippen LogP contribution < -0.4 is 11.3 Å². The standard InChI is InChI=1S/C12H10F4N4/c13-7-1-2-10(19-5-7)11(20-17)8-6-18-4-3-9(8)12(14,15)16/h1-6,11,20H,17H2. The van der Waals surface area contributed by atoms with Gasteiger partial charge in [-0.15, -0.1) is 0 Å². The molecule has 0 amide bonds. The number of halogens is 4. The number of aromatic nitrogens is 2. The second-order valence-corrected chi connectivity index (χ2v) is 3.96. The van der Waals surface area contributed by atoms with Crippen molar-refractivity contribution in [3.63, 3.8) is 0 Å². The Morgan fingerprint density at radius 1 is 1.15 bits per heavy atom. The molecule has 2 aromatic heterocycles. The summed E-state index contributed by atoms with van der Waals surface area (Å²) in [7, 11) is 0. The summed E-state index contributed by atoms with van der Waals surface area (Å²) in [6.45, 7) is 0. The van der Waals surface area contributed by atoms with E-state index < -0.39 is 23.6 Å². The van der Waals surface area contributed by atoms with Crippen molar-refractivity contribution in [2.75, 3.05) is 0 Å². The molecule has 2 aromatic rings. The van der Waals surface area contributed by atoms with E-state index in [1.807, 2.05) is 0 Å². The molecular weight excluding hydrogens is 276 g/mol. The molecule has 106 valence electrons. The largest absolute Gasteiger partial charge is 0.416 e. The zero-order chi connectivity index (χ0) is 14.8. The average molecular weight is 286 g/mol. The Morgan fingerprint density at radius 3 is 2.45 bits per heavy atom. The normalized spacial score (nSPS) is 13.2. The lowest BCUT2D eigenvalue weighted by atomic mass is 10.00. The summed E-state index contributed by atoms with van der Waals surface area (Å²) in [6.07, 6.45) is -1.55. The van der Waals surface area contributed by atoms with E-state index in [-0.39, 0.29) is 11.3 Å². The topological polar surface area (TPSA) is 63.8 Å². The first-order valence-corrected chi connectivity index (χ1v) is 5.52. The van der Waals surface area contributed by atoms with Crippen LogP contribution in [0.3, 0.4) is 0 Å². The zero-order valence-electron chi connectivity index (χ0n) is 10.0. The molecule has 3 N–H and O–H groups in total. The van der Waals surface area contributed by atoms with Crippen LogP contribution in [0, 0.1) is 5.82 Å². The molecule has 1 atom stereocenters. The van der Waals surface area contributed by atoms with Crippen molar-refractivity contribution < 1.29 is 17.6 Å². The van der Waals surface area contributed by atoms with Crippen LogP contribution in [0.25, 0.3) is 0 Å². The molecule has 0 fully saturated rings. The second-order valence-electron chi connectivity index (χ2n) is 3.96. The van der Waals surface area contributed by atoms with Crippen LogP contribution in [0.2, 0.25) is 0 Å². The highest BCUT2D eigenvalue weighted by atomic mass is 19.4. The van der Waals surface area contributed by atoms with Gasteiger partial charge in [-0.25, -0.2) is 9.82 Å². The minimum Gasteiger partial charge on any atom is -0.271 e.